The average molecular weight is 229 g/mol. The molecule has 0 spiro atoms. The highest BCUT2D eigenvalue weighted by molar-refractivity contribution is 5.80. The summed E-state index contributed by atoms with van der Waals surface area (Å²) in [6, 6.07) is -0.978. The van der Waals surface area contributed by atoms with Gasteiger partial charge in [0.25, 0.3) is 0 Å². The van der Waals surface area contributed by atoms with Crippen LogP contribution >= 0.6 is 0 Å². The van der Waals surface area contributed by atoms with Crippen molar-refractivity contribution in [3.8, 4) is 0 Å². The van der Waals surface area contributed by atoms with Crippen LogP contribution in [0.25, 0.3) is 0 Å². The molecule has 1 heterocycles. The van der Waals surface area contributed by atoms with Crippen LogP contribution < -0.4 is 0 Å². The van der Waals surface area contributed by atoms with Crippen LogP contribution in [-0.2, 0) is 14.3 Å². The Kier molecular flexibility index (Phi) is 4.30. The van der Waals surface area contributed by atoms with E-state index in [4.69, 9.17) is 14.6 Å². The smallest absolute Gasteiger partial charge is 0.411 e. The zero-order chi connectivity index (χ0) is 12.1. The number of nitrogens with zero attached hydrogens (tertiary/aromatic N) is 1. The molecule has 0 aliphatic carbocycles. The number of amides is 1. The first-order chi connectivity index (χ1) is 7.56. The molecule has 6 heteroatoms. The van der Waals surface area contributed by atoms with Gasteiger partial charge in [-0.1, -0.05) is 12.7 Å². The molecule has 0 aromatic heterocycles. The molecule has 0 saturated carbocycles. The maximum atomic E-state index is 11.6. The molecule has 90 valence electrons. The zero-order valence-electron chi connectivity index (χ0n) is 9.09. The van der Waals surface area contributed by atoms with Gasteiger partial charge in [0.1, 0.15) is 6.61 Å². The molecule has 0 radical (unpaired) electrons. The minimum atomic E-state index is -1.09. The van der Waals surface area contributed by atoms with Gasteiger partial charge in [0, 0.05) is 0 Å². The lowest BCUT2D eigenvalue weighted by Gasteiger charge is -2.35. The lowest BCUT2D eigenvalue weighted by Crippen LogP contribution is -2.55. The molecule has 1 rings (SSSR count). The molecule has 1 amide bonds. The molecule has 1 N–H and O–H groups in total. The number of rotatable bonds is 3. The highest BCUT2D eigenvalue weighted by Crippen LogP contribution is 2.13. The molecule has 1 aliphatic rings. The maximum absolute atomic E-state index is 11.6. The summed E-state index contributed by atoms with van der Waals surface area (Å²) in [4.78, 5) is 23.6. The Balaban J connectivity index is 2.66. The van der Waals surface area contributed by atoms with Gasteiger partial charge in [0.15, 0.2) is 6.04 Å². The Morgan fingerprint density at radius 1 is 1.69 bits per heavy atom. The Bertz CT molecular complexity index is 291. The number of aliphatic carboxylic acids is 1. The second-order valence-corrected chi connectivity index (χ2v) is 3.52. The second-order valence-electron chi connectivity index (χ2n) is 3.52. The van der Waals surface area contributed by atoms with Crippen molar-refractivity contribution in [2.24, 2.45) is 0 Å². The highest BCUT2D eigenvalue weighted by atomic mass is 16.6. The van der Waals surface area contributed by atoms with E-state index in [-0.39, 0.29) is 25.9 Å². The van der Waals surface area contributed by atoms with Gasteiger partial charge in [-0.3, -0.25) is 4.90 Å². The van der Waals surface area contributed by atoms with Gasteiger partial charge >= 0.3 is 12.1 Å². The maximum Gasteiger partial charge on any atom is 0.411 e. The SMILES string of the molecule is C=CCOC(=O)N1C[C@@H](C)OC[C@H]1C(=O)O. The molecule has 1 saturated heterocycles. The first-order valence-corrected chi connectivity index (χ1v) is 4.95. The third-order valence-corrected chi connectivity index (χ3v) is 2.21. The molecule has 0 bridgehead atoms. The molecular formula is C10H15NO5. The number of carbonyl (C=O) groups excluding carboxylic acids is 1. The molecule has 2 atom stereocenters. The van der Waals surface area contributed by atoms with Crippen LogP contribution in [-0.4, -0.2) is 54.0 Å². The van der Waals surface area contributed by atoms with Crippen LogP contribution in [0.3, 0.4) is 0 Å². The molecule has 1 aliphatic heterocycles. The van der Waals surface area contributed by atoms with Crippen LogP contribution in [0.2, 0.25) is 0 Å². The van der Waals surface area contributed by atoms with Gasteiger partial charge < -0.3 is 14.6 Å². The summed E-state index contributed by atoms with van der Waals surface area (Å²) in [5, 5.41) is 8.92. The van der Waals surface area contributed by atoms with Gasteiger partial charge in [-0.2, -0.15) is 0 Å². The predicted molar refractivity (Wildman–Crippen MR) is 55.1 cm³/mol. The van der Waals surface area contributed by atoms with E-state index in [0.29, 0.717) is 0 Å². The number of morpholine rings is 1. The topological polar surface area (TPSA) is 76.1 Å². The number of hydrogen-bond donors (Lipinski definition) is 1. The molecule has 6 nitrogen and oxygen atoms in total. The quantitative estimate of drug-likeness (QED) is 0.712. The standard InChI is InChI=1S/C10H15NO5/c1-3-4-15-10(14)11-5-7(2)16-6-8(11)9(12)13/h3,7-8H,1,4-6H2,2H3,(H,12,13)/t7-,8+/m1/s1. The van der Waals surface area contributed by atoms with Gasteiger partial charge in [-0.25, -0.2) is 9.59 Å². The number of carboxylic acid groups (broad SMARTS) is 1. The number of carboxylic acids is 1. The van der Waals surface area contributed by atoms with Crippen LogP contribution in [0.4, 0.5) is 4.79 Å². The van der Waals surface area contributed by atoms with E-state index in [1.165, 1.54) is 11.0 Å². The molecule has 0 aromatic rings. The lowest BCUT2D eigenvalue weighted by atomic mass is 10.2. The van der Waals surface area contributed by atoms with Crippen molar-refractivity contribution in [3.05, 3.63) is 12.7 Å². The number of carbonyl (C=O) groups is 2. The average Bonchev–Trinajstić information content (AvgIpc) is 2.25. The van der Waals surface area contributed by atoms with Gasteiger partial charge in [-0.15, -0.1) is 0 Å². The summed E-state index contributed by atoms with van der Waals surface area (Å²) in [6.45, 7) is 5.45. The van der Waals surface area contributed by atoms with Crippen molar-refractivity contribution in [1.82, 2.24) is 4.90 Å². The molecule has 1 fully saturated rings. The van der Waals surface area contributed by atoms with Crippen molar-refractivity contribution < 1.29 is 24.2 Å². The third-order valence-electron chi connectivity index (χ3n) is 2.21. The van der Waals surface area contributed by atoms with Crippen LogP contribution in [0.1, 0.15) is 6.92 Å². The molecule has 16 heavy (non-hydrogen) atoms. The summed E-state index contributed by atoms with van der Waals surface area (Å²) in [7, 11) is 0. The largest absolute Gasteiger partial charge is 0.480 e. The van der Waals surface area contributed by atoms with E-state index < -0.39 is 18.1 Å². The van der Waals surface area contributed by atoms with E-state index in [1.807, 2.05) is 0 Å². The van der Waals surface area contributed by atoms with E-state index >= 15 is 0 Å². The van der Waals surface area contributed by atoms with Gasteiger partial charge in [-0.05, 0) is 6.92 Å². The van der Waals surface area contributed by atoms with E-state index in [2.05, 4.69) is 6.58 Å². The Morgan fingerprint density at radius 2 is 2.38 bits per heavy atom. The summed E-state index contributed by atoms with van der Waals surface area (Å²) in [5.41, 5.74) is 0. The van der Waals surface area contributed by atoms with Crippen LogP contribution in [0.15, 0.2) is 12.7 Å². The highest BCUT2D eigenvalue weighted by Gasteiger charge is 2.36. The first kappa shape index (κ1) is 12.5. The Hall–Kier alpha value is -1.56. The van der Waals surface area contributed by atoms with Gasteiger partial charge in [0.05, 0.1) is 19.3 Å². The summed E-state index contributed by atoms with van der Waals surface area (Å²) < 4.78 is 10.00. The number of ether oxygens (including phenoxy) is 2. The van der Waals surface area contributed by atoms with Crippen molar-refractivity contribution in [2.75, 3.05) is 19.8 Å². The lowest BCUT2D eigenvalue weighted by molar-refractivity contribution is -0.151. The first-order valence-electron chi connectivity index (χ1n) is 4.95. The van der Waals surface area contributed by atoms with Crippen molar-refractivity contribution >= 4 is 12.1 Å². The summed E-state index contributed by atoms with van der Waals surface area (Å²) >= 11 is 0. The van der Waals surface area contributed by atoms with E-state index in [0.717, 1.165) is 0 Å². The molecular weight excluding hydrogens is 214 g/mol. The molecule has 0 unspecified atom stereocenters. The zero-order valence-corrected chi connectivity index (χ0v) is 9.09. The van der Waals surface area contributed by atoms with Crippen molar-refractivity contribution in [2.45, 2.75) is 19.1 Å². The second kappa shape index (κ2) is 5.50. The van der Waals surface area contributed by atoms with Crippen LogP contribution in [0.5, 0.6) is 0 Å². The third kappa shape index (κ3) is 2.96. The Labute approximate surface area is 93.4 Å². The van der Waals surface area contributed by atoms with E-state index in [9.17, 15) is 9.59 Å². The minimum absolute atomic E-state index is 0.0142. The molecule has 0 aromatic carbocycles. The van der Waals surface area contributed by atoms with E-state index in [1.54, 1.807) is 6.92 Å². The van der Waals surface area contributed by atoms with Crippen LogP contribution in [0, 0.1) is 0 Å². The fourth-order valence-corrected chi connectivity index (χ4v) is 1.42. The normalized spacial score (nSPS) is 24.9. The fraction of sp³-hybridized carbons (Fsp3) is 0.600. The minimum Gasteiger partial charge on any atom is -0.480 e. The predicted octanol–water partition coefficient (Wildman–Crippen LogP) is 0.483. The Morgan fingerprint density at radius 3 is 2.94 bits per heavy atom. The summed E-state index contributed by atoms with van der Waals surface area (Å²) in [6.07, 6.45) is 0.590. The fourth-order valence-electron chi connectivity index (χ4n) is 1.42. The van der Waals surface area contributed by atoms with Crippen molar-refractivity contribution in [3.63, 3.8) is 0 Å². The monoisotopic (exact) mass is 229 g/mol. The summed E-state index contributed by atoms with van der Waals surface area (Å²) in [5.74, 6) is -1.09. The number of hydrogen-bond acceptors (Lipinski definition) is 4. The van der Waals surface area contributed by atoms with Crippen molar-refractivity contribution in [1.29, 1.82) is 0 Å². The van der Waals surface area contributed by atoms with Gasteiger partial charge in [0.2, 0.25) is 0 Å².